The van der Waals surface area contributed by atoms with Gasteiger partial charge < -0.3 is 0 Å². The second-order valence-corrected chi connectivity index (χ2v) is 4.93. The van der Waals surface area contributed by atoms with Gasteiger partial charge in [-0.2, -0.15) is 0 Å². The van der Waals surface area contributed by atoms with Crippen LogP contribution in [0.4, 0.5) is 0 Å². The molecule has 0 amide bonds. The summed E-state index contributed by atoms with van der Waals surface area (Å²) in [6, 6.07) is 11.9. The summed E-state index contributed by atoms with van der Waals surface area (Å²) in [4.78, 5) is 13.3. The molecule has 4 nitrogen and oxygen atoms in total. The van der Waals surface area contributed by atoms with Crippen molar-refractivity contribution < 1.29 is 0 Å². The lowest BCUT2D eigenvalue weighted by molar-refractivity contribution is 1.05. The van der Waals surface area contributed by atoms with E-state index in [0.717, 1.165) is 21.8 Å². The van der Waals surface area contributed by atoms with Gasteiger partial charge in [0.25, 0.3) is 0 Å². The highest BCUT2D eigenvalue weighted by Crippen LogP contribution is 2.26. The maximum Gasteiger partial charge on any atom is 0.197 e. The monoisotopic (exact) mass is 252 g/mol. The van der Waals surface area contributed by atoms with Crippen LogP contribution in [0.25, 0.3) is 26.5 Å². The van der Waals surface area contributed by atoms with Gasteiger partial charge in [0, 0.05) is 6.20 Å². The summed E-state index contributed by atoms with van der Waals surface area (Å²) in [7, 11) is 0. The molecule has 0 N–H and O–H groups in total. The molecule has 0 radical (unpaired) electrons. The van der Waals surface area contributed by atoms with Crippen molar-refractivity contribution in [2.24, 2.45) is 0 Å². The van der Waals surface area contributed by atoms with Gasteiger partial charge in [0.05, 0.1) is 10.2 Å². The molecular formula is C13H8N4S. The first-order valence-corrected chi connectivity index (χ1v) is 6.37. The van der Waals surface area contributed by atoms with Crippen LogP contribution in [0.15, 0.2) is 48.9 Å². The summed E-state index contributed by atoms with van der Waals surface area (Å²) in [6.07, 6.45) is 3.54. The van der Waals surface area contributed by atoms with Crippen molar-refractivity contribution in [2.45, 2.75) is 0 Å². The zero-order chi connectivity index (χ0) is 11.9. The Morgan fingerprint density at radius 2 is 1.83 bits per heavy atom. The van der Waals surface area contributed by atoms with E-state index in [9.17, 15) is 0 Å². The number of pyridine rings is 1. The average Bonchev–Trinajstić information content (AvgIpc) is 3.02. The van der Waals surface area contributed by atoms with Crippen molar-refractivity contribution in [1.82, 2.24) is 19.5 Å². The maximum absolute atomic E-state index is 4.61. The fourth-order valence-electron chi connectivity index (χ4n) is 1.95. The number of hydrogen-bond acceptors (Lipinski definition) is 4. The number of rotatable bonds is 1. The third kappa shape index (κ3) is 1.34. The van der Waals surface area contributed by atoms with Gasteiger partial charge >= 0.3 is 0 Å². The molecule has 3 aromatic heterocycles. The number of fused-ring (bicyclic) bond motifs is 2. The van der Waals surface area contributed by atoms with Crippen molar-refractivity contribution in [3.05, 3.63) is 48.9 Å². The van der Waals surface area contributed by atoms with E-state index < -0.39 is 0 Å². The van der Waals surface area contributed by atoms with Crippen LogP contribution < -0.4 is 0 Å². The first-order valence-electron chi connectivity index (χ1n) is 5.56. The zero-order valence-electron chi connectivity index (χ0n) is 9.32. The van der Waals surface area contributed by atoms with Crippen LogP contribution >= 0.6 is 11.3 Å². The molecule has 4 aromatic rings. The first-order chi connectivity index (χ1) is 8.92. The van der Waals surface area contributed by atoms with Gasteiger partial charge in [0.15, 0.2) is 10.8 Å². The smallest absolute Gasteiger partial charge is 0.197 e. The molecule has 5 heteroatoms. The highest BCUT2D eigenvalue weighted by Gasteiger charge is 2.09. The summed E-state index contributed by atoms with van der Waals surface area (Å²) in [5.74, 6) is 0. The van der Waals surface area contributed by atoms with E-state index in [1.807, 2.05) is 34.9 Å². The number of thiazole rings is 1. The Kier molecular flexibility index (Phi) is 1.95. The topological polar surface area (TPSA) is 43.6 Å². The summed E-state index contributed by atoms with van der Waals surface area (Å²) in [5.41, 5.74) is 2.74. The Labute approximate surface area is 107 Å². The van der Waals surface area contributed by atoms with E-state index in [1.54, 1.807) is 23.9 Å². The Bertz CT molecular complexity index is 813. The van der Waals surface area contributed by atoms with Crippen LogP contribution in [0, 0.1) is 0 Å². The van der Waals surface area contributed by atoms with Gasteiger partial charge in [-0.25, -0.2) is 15.0 Å². The van der Waals surface area contributed by atoms with Gasteiger partial charge in [-0.15, -0.1) is 0 Å². The van der Waals surface area contributed by atoms with E-state index in [2.05, 4.69) is 21.0 Å². The molecule has 0 atom stereocenters. The molecule has 0 aliphatic heterocycles. The van der Waals surface area contributed by atoms with Crippen LogP contribution in [0.2, 0.25) is 0 Å². The minimum absolute atomic E-state index is 0.844. The molecule has 4 rings (SSSR count). The molecule has 0 fully saturated rings. The highest BCUT2D eigenvalue weighted by molar-refractivity contribution is 7.20. The Hall–Kier alpha value is -2.27. The standard InChI is InChI=1S/C13H8N4S/c1-2-6-11-9(4-1)16-13(18-11)17-8-15-10-5-3-7-14-12(10)17/h1-8H. The number of imidazole rings is 1. The molecule has 0 aliphatic rings. The molecule has 18 heavy (non-hydrogen) atoms. The average molecular weight is 252 g/mol. The molecule has 0 unspecified atom stereocenters. The molecule has 0 saturated heterocycles. The van der Waals surface area contributed by atoms with Crippen LogP contribution in [-0.2, 0) is 0 Å². The minimum atomic E-state index is 0.844. The van der Waals surface area contributed by atoms with Crippen LogP contribution in [0.5, 0.6) is 0 Å². The third-order valence-electron chi connectivity index (χ3n) is 2.80. The number of para-hydroxylation sites is 1. The number of nitrogens with zero attached hydrogens (tertiary/aromatic N) is 4. The predicted molar refractivity (Wildman–Crippen MR) is 72.0 cm³/mol. The Balaban J connectivity index is 2.01. The normalized spacial score (nSPS) is 11.3. The Morgan fingerprint density at radius 1 is 0.944 bits per heavy atom. The molecule has 0 spiro atoms. The predicted octanol–water partition coefficient (Wildman–Crippen LogP) is 3.03. The largest absolute Gasteiger partial charge is 0.258 e. The van der Waals surface area contributed by atoms with E-state index >= 15 is 0 Å². The minimum Gasteiger partial charge on any atom is -0.258 e. The fraction of sp³-hybridized carbons (Fsp3) is 0. The number of hydrogen-bond donors (Lipinski definition) is 0. The lowest BCUT2D eigenvalue weighted by Crippen LogP contribution is -1.91. The maximum atomic E-state index is 4.61. The third-order valence-corrected chi connectivity index (χ3v) is 3.83. The molecule has 0 saturated carbocycles. The summed E-state index contributed by atoms with van der Waals surface area (Å²) in [6.45, 7) is 0. The van der Waals surface area contributed by atoms with Gasteiger partial charge in [-0.05, 0) is 24.3 Å². The molecule has 0 bridgehead atoms. The van der Waals surface area contributed by atoms with Crippen LogP contribution in [-0.4, -0.2) is 19.5 Å². The first kappa shape index (κ1) is 9.73. The number of aromatic nitrogens is 4. The zero-order valence-corrected chi connectivity index (χ0v) is 10.1. The van der Waals surface area contributed by atoms with Crippen LogP contribution in [0.3, 0.4) is 0 Å². The van der Waals surface area contributed by atoms with Crippen molar-refractivity contribution in [2.75, 3.05) is 0 Å². The lowest BCUT2D eigenvalue weighted by Gasteiger charge is -1.95. The second-order valence-electron chi connectivity index (χ2n) is 3.92. The van der Waals surface area contributed by atoms with E-state index in [4.69, 9.17) is 0 Å². The molecular weight excluding hydrogens is 244 g/mol. The second kappa shape index (κ2) is 3.61. The highest BCUT2D eigenvalue weighted by atomic mass is 32.1. The van der Waals surface area contributed by atoms with Crippen LogP contribution in [0.1, 0.15) is 0 Å². The fourth-order valence-corrected chi connectivity index (χ4v) is 2.89. The van der Waals surface area contributed by atoms with Crippen molar-refractivity contribution in [3.8, 4) is 5.13 Å². The SMILES string of the molecule is c1ccc2sc(-n3cnc4cccnc43)nc2c1. The quantitative estimate of drug-likeness (QED) is 0.523. The van der Waals surface area contributed by atoms with Crippen molar-refractivity contribution in [3.63, 3.8) is 0 Å². The van der Waals surface area contributed by atoms with E-state index in [-0.39, 0.29) is 0 Å². The molecule has 0 aliphatic carbocycles. The Morgan fingerprint density at radius 3 is 2.78 bits per heavy atom. The molecule has 1 aromatic carbocycles. The van der Waals surface area contributed by atoms with E-state index in [0.29, 0.717) is 0 Å². The number of benzene rings is 1. The van der Waals surface area contributed by atoms with E-state index in [1.165, 1.54) is 4.70 Å². The summed E-state index contributed by atoms with van der Waals surface area (Å²) >= 11 is 1.64. The van der Waals surface area contributed by atoms with Gasteiger partial charge in [-0.1, -0.05) is 23.5 Å². The van der Waals surface area contributed by atoms with Gasteiger partial charge in [-0.3, -0.25) is 4.57 Å². The molecule has 3 heterocycles. The van der Waals surface area contributed by atoms with Crippen molar-refractivity contribution >= 4 is 32.7 Å². The lowest BCUT2D eigenvalue weighted by atomic mass is 10.3. The van der Waals surface area contributed by atoms with Gasteiger partial charge in [0.2, 0.25) is 0 Å². The summed E-state index contributed by atoms with van der Waals surface area (Å²) < 4.78 is 3.10. The summed E-state index contributed by atoms with van der Waals surface area (Å²) in [5, 5.41) is 0.900. The molecule has 86 valence electrons. The van der Waals surface area contributed by atoms with Gasteiger partial charge in [0.1, 0.15) is 11.8 Å². The van der Waals surface area contributed by atoms with Crippen molar-refractivity contribution in [1.29, 1.82) is 0 Å².